The first-order valence-electron chi connectivity index (χ1n) is 8.45. The highest BCUT2D eigenvalue weighted by molar-refractivity contribution is 9.10. The molecule has 0 radical (unpaired) electrons. The Morgan fingerprint density at radius 1 is 1.42 bits per heavy atom. The predicted octanol–water partition coefficient (Wildman–Crippen LogP) is 3.83. The molecule has 1 aliphatic carbocycles. The number of carbonyl (C=O) groups excluding carboxylic acids is 1. The molecule has 1 N–H and O–H groups in total. The zero-order valence-electron chi connectivity index (χ0n) is 14.7. The normalized spacial score (nSPS) is 14.8. The van der Waals surface area contributed by atoms with E-state index in [0.717, 1.165) is 25.7 Å². The lowest BCUT2D eigenvalue weighted by molar-refractivity contribution is -0.117. The van der Waals surface area contributed by atoms with Gasteiger partial charge in [-0.1, -0.05) is 25.2 Å². The van der Waals surface area contributed by atoms with Crippen LogP contribution < -0.4 is 14.8 Å². The first kappa shape index (κ1) is 19.9. The number of hydrogen-bond donors (Lipinski definition) is 1. The molecule has 2 rings (SSSR count). The molecule has 1 aromatic carbocycles. The third-order valence-corrected chi connectivity index (χ3v) is 4.76. The van der Waals surface area contributed by atoms with E-state index in [9.17, 15) is 10.1 Å². The summed E-state index contributed by atoms with van der Waals surface area (Å²) in [7, 11) is 1.51. The molecule has 136 valence electrons. The number of nitrogens with zero attached hydrogens (tertiary/aromatic N) is 1. The summed E-state index contributed by atoms with van der Waals surface area (Å²) < 4.78 is 11.4. The van der Waals surface area contributed by atoms with Crippen molar-refractivity contribution in [2.45, 2.75) is 38.1 Å². The summed E-state index contributed by atoms with van der Waals surface area (Å²) in [5.74, 6) is 3.00. The van der Waals surface area contributed by atoms with E-state index in [1.165, 1.54) is 19.6 Å². The number of amides is 1. The van der Waals surface area contributed by atoms with Gasteiger partial charge in [0, 0.05) is 6.04 Å². The number of rotatable bonds is 6. The van der Waals surface area contributed by atoms with Crippen LogP contribution in [0, 0.1) is 23.7 Å². The van der Waals surface area contributed by atoms with Crippen LogP contribution in [0.4, 0.5) is 0 Å². The Kier molecular flexibility index (Phi) is 7.56. The average molecular weight is 417 g/mol. The van der Waals surface area contributed by atoms with E-state index in [-0.39, 0.29) is 24.1 Å². The van der Waals surface area contributed by atoms with Gasteiger partial charge in [0.05, 0.1) is 11.6 Å². The van der Waals surface area contributed by atoms with Gasteiger partial charge in [0.15, 0.2) is 11.5 Å². The van der Waals surface area contributed by atoms with Crippen LogP contribution in [0.15, 0.2) is 22.2 Å². The second kappa shape index (κ2) is 9.89. The summed E-state index contributed by atoms with van der Waals surface area (Å²) >= 11 is 3.41. The fraction of sp³-hybridized carbons (Fsp3) is 0.400. The minimum atomic E-state index is -0.345. The smallest absolute Gasteiger partial charge is 0.262 e. The molecular weight excluding hydrogens is 396 g/mol. The molecule has 26 heavy (non-hydrogen) atoms. The fourth-order valence-corrected chi connectivity index (χ4v) is 3.48. The van der Waals surface area contributed by atoms with E-state index in [1.54, 1.807) is 12.1 Å². The number of carbonyl (C=O) groups is 1. The maximum atomic E-state index is 12.4. The number of terminal acetylenes is 1. The zero-order valence-corrected chi connectivity index (χ0v) is 16.3. The molecule has 1 fully saturated rings. The molecule has 0 bridgehead atoms. The number of ether oxygens (including phenoxy) is 2. The molecule has 0 aliphatic heterocycles. The number of methoxy groups -OCH3 is 1. The van der Waals surface area contributed by atoms with Gasteiger partial charge in [-0.25, -0.2) is 0 Å². The highest BCUT2D eigenvalue weighted by Crippen LogP contribution is 2.37. The Labute approximate surface area is 162 Å². The van der Waals surface area contributed by atoms with E-state index < -0.39 is 0 Å². The van der Waals surface area contributed by atoms with Crippen molar-refractivity contribution in [1.29, 1.82) is 5.26 Å². The maximum absolute atomic E-state index is 12.4. The monoisotopic (exact) mass is 416 g/mol. The molecule has 6 heteroatoms. The summed E-state index contributed by atoms with van der Waals surface area (Å²) in [6, 6.07) is 5.57. The largest absolute Gasteiger partial charge is 0.493 e. The lowest BCUT2D eigenvalue weighted by Crippen LogP contribution is -2.36. The molecule has 0 saturated heterocycles. The first-order chi connectivity index (χ1) is 12.6. The number of benzene rings is 1. The molecule has 1 saturated carbocycles. The Bertz CT molecular complexity index is 768. The second-order valence-electron chi connectivity index (χ2n) is 6.01. The topological polar surface area (TPSA) is 71.3 Å². The third kappa shape index (κ3) is 5.28. The highest BCUT2D eigenvalue weighted by atomic mass is 79.9. The van der Waals surface area contributed by atoms with E-state index in [2.05, 4.69) is 27.2 Å². The van der Waals surface area contributed by atoms with Gasteiger partial charge in [0.25, 0.3) is 5.91 Å². The Morgan fingerprint density at radius 3 is 2.77 bits per heavy atom. The standard InChI is InChI=1S/C20H21BrN2O3/c1-3-9-26-19-17(21)11-14(12-18(19)25-2)10-15(13-22)20(24)23-16-7-5-4-6-8-16/h1,10-12,16H,4-9H2,2H3,(H,23,24)/b15-10+. The predicted molar refractivity (Wildman–Crippen MR) is 104 cm³/mol. The lowest BCUT2D eigenvalue weighted by atomic mass is 9.95. The lowest BCUT2D eigenvalue weighted by Gasteiger charge is -2.22. The molecule has 5 nitrogen and oxygen atoms in total. The number of nitriles is 1. The average Bonchev–Trinajstić information content (AvgIpc) is 2.65. The van der Waals surface area contributed by atoms with Gasteiger partial charge in [0.1, 0.15) is 18.2 Å². The maximum Gasteiger partial charge on any atom is 0.262 e. The SMILES string of the molecule is C#CCOc1c(Br)cc(/C=C(\C#N)C(=O)NC2CCCCC2)cc1OC. The van der Waals surface area contributed by atoms with Gasteiger partial charge in [0.2, 0.25) is 0 Å². The number of halogens is 1. The van der Waals surface area contributed by atoms with Gasteiger partial charge in [-0.05, 0) is 52.5 Å². The summed E-state index contributed by atoms with van der Waals surface area (Å²) in [5.41, 5.74) is 0.707. The van der Waals surface area contributed by atoms with Crippen LogP contribution >= 0.6 is 15.9 Å². The molecule has 0 atom stereocenters. The molecule has 1 aromatic rings. The van der Waals surface area contributed by atoms with Gasteiger partial charge in [-0.15, -0.1) is 6.42 Å². The number of nitrogens with one attached hydrogen (secondary N) is 1. The first-order valence-corrected chi connectivity index (χ1v) is 9.24. The summed E-state index contributed by atoms with van der Waals surface area (Å²) in [6.07, 6.45) is 12.1. The minimum absolute atomic E-state index is 0.0572. The van der Waals surface area contributed by atoms with Crippen molar-refractivity contribution in [2.75, 3.05) is 13.7 Å². The quantitative estimate of drug-likeness (QED) is 0.434. The van der Waals surface area contributed by atoms with E-state index in [4.69, 9.17) is 15.9 Å². The van der Waals surface area contributed by atoms with Crippen LogP contribution in [0.25, 0.3) is 6.08 Å². The van der Waals surface area contributed by atoms with E-state index in [1.807, 2.05) is 6.07 Å². The molecule has 0 heterocycles. The molecule has 1 amide bonds. The van der Waals surface area contributed by atoms with Crippen molar-refractivity contribution < 1.29 is 14.3 Å². The van der Waals surface area contributed by atoms with Crippen molar-refractivity contribution in [3.05, 3.63) is 27.7 Å². The van der Waals surface area contributed by atoms with Crippen LogP contribution in [-0.4, -0.2) is 25.7 Å². The summed E-state index contributed by atoms with van der Waals surface area (Å²) in [4.78, 5) is 12.4. The zero-order chi connectivity index (χ0) is 18.9. The summed E-state index contributed by atoms with van der Waals surface area (Å²) in [6.45, 7) is 0.109. The van der Waals surface area contributed by atoms with Gasteiger partial charge in [-0.3, -0.25) is 4.79 Å². The van der Waals surface area contributed by atoms with Crippen molar-refractivity contribution in [1.82, 2.24) is 5.32 Å². The van der Waals surface area contributed by atoms with Crippen LogP contribution in [0.5, 0.6) is 11.5 Å². The van der Waals surface area contributed by atoms with Crippen LogP contribution in [0.1, 0.15) is 37.7 Å². The molecule has 0 spiro atoms. The number of hydrogen-bond acceptors (Lipinski definition) is 4. The van der Waals surface area contributed by atoms with Crippen molar-refractivity contribution in [2.24, 2.45) is 0 Å². The van der Waals surface area contributed by atoms with Gasteiger partial charge >= 0.3 is 0 Å². The van der Waals surface area contributed by atoms with Crippen LogP contribution in [0.3, 0.4) is 0 Å². The highest BCUT2D eigenvalue weighted by Gasteiger charge is 2.18. The Hall–Kier alpha value is -2.44. The third-order valence-electron chi connectivity index (χ3n) is 4.17. The van der Waals surface area contributed by atoms with Crippen LogP contribution in [0.2, 0.25) is 0 Å². The molecule has 0 unspecified atom stereocenters. The van der Waals surface area contributed by atoms with Gasteiger partial charge < -0.3 is 14.8 Å². The van der Waals surface area contributed by atoms with Crippen molar-refractivity contribution >= 4 is 27.9 Å². The Morgan fingerprint density at radius 2 is 2.15 bits per heavy atom. The van der Waals surface area contributed by atoms with Crippen LogP contribution in [-0.2, 0) is 4.79 Å². The van der Waals surface area contributed by atoms with Gasteiger partial charge in [-0.2, -0.15) is 5.26 Å². The molecule has 0 aromatic heterocycles. The minimum Gasteiger partial charge on any atom is -0.493 e. The second-order valence-corrected chi connectivity index (χ2v) is 6.86. The van der Waals surface area contributed by atoms with Crippen molar-refractivity contribution in [3.63, 3.8) is 0 Å². The molecule has 1 aliphatic rings. The fourth-order valence-electron chi connectivity index (χ4n) is 2.90. The summed E-state index contributed by atoms with van der Waals surface area (Å²) in [5, 5.41) is 12.3. The van der Waals surface area contributed by atoms with E-state index in [0.29, 0.717) is 21.5 Å². The molecular formula is C20H21BrN2O3. The van der Waals surface area contributed by atoms with Crippen molar-refractivity contribution in [3.8, 4) is 29.9 Å². The Balaban J connectivity index is 2.22. The van der Waals surface area contributed by atoms with E-state index >= 15 is 0 Å².